The van der Waals surface area contributed by atoms with E-state index < -0.39 is 28.7 Å². The van der Waals surface area contributed by atoms with Crippen molar-refractivity contribution in [3.8, 4) is 0 Å². The molecule has 1 saturated carbocycles. The number of hydrogen-bond acceptors (Lipinski definition) is 5. The number of imide groups is 1. The Morgan fingerprint density at radius 3 is 2.63 bits per heavy atom. The minimum Gasteiger partial charge on any atom is -0.348 e. The Hall–Kier alpha value is -3.69. The number of rotatable bonds is 4. The molecule has 0 unspecified atom stereocenters. The van der Waals surface area contributed by atoms with Gasteiger partial charge >= 0.3 is 11.7 Å². The number of anilines is 1. The minimum absolute atomic E-state index is 0.0732. The Kier molecular flexibility index (Phi) is 4.76. The number of urea groups is 1. The molecule has 0 atom stereocenters. The molecule has 1 aromatic heterocycles. The van der Waals surface area contributed by atoms with Gasteiger partial charge in [-0.15, -0.1) is 0 Å². The summed E-state index contributed by atoms with van der Waals surface area (Å²) in [7, 11) is 1.27. The fraction of sp³-hybridized carbons (Fsp3) is 0.350. The summed E-state index contributed by atoms with van der Waals surface area (Å²) in [6.45, 7) is 0.0732. The van der Waals surface area contributed by atoms with Crippen LogP contribution in [0.2, 0.25) is 0 Å². The van der Waals surface area contributed by atoms with Gasteiger partial charge in [-0.1, -0.05) is 25.0 Å². The normalized spacial score (nSPS) is 17.4. The first kappa shape index (κ1) is 19.6. The van der Waals surface area contributed by atoms with Crippen LogP contribution in [0.3, 0.4) is 0 Å². The van der Waals surface area contributed by atoms with Crippen LogP contribution in [0, 0.1) is 0 Å². The third-order valence-electron chi connectivity index (χ3n) is 5.67. The molecule has 2 heterocycles. The Balaban J connectivity index is 1.51. The number of carbonyl (C=O) groups is 3. The first-order chi connectivity index (χ1) is 14.3. The third kappa shape index (κ3) is 3.19. The van der Waals surface area contributed by atoms with Crippen LogP contribution in [0.1, 0.15) is 41.6 Å². The molecule has 1 spiro atoms. The van der Waals surface area contributed by atoms with Crippen molar-refractivity contribution in [3.05, 3.63) is 62.4 Å². The number of H-pyrrole nitrogens is 1. The van der Waals surface area contributed by atoms with Crippen molar-refractivity contribution in [1.82, 2.24) is 20.2 Å². The summed E-state index contributed by atoms with van der Waals surface area (Å²) in [5.41, 5.74) is -1.23. The van der Waals surface area contributed by atoms with E-state index >= 15 is 0 Å². The lowest BCUT2D eigenvalue weighted by molar-refractivity contribution is -0.121. The predicted octanol–water partition coefficient (Wildman–Crippen LogP) is 0.373. The summed E-state index contributed by atoms with van der Waals surface area (Å²) in [6, 6.07) is 6.29. The average molecular weight is 411 g/mol. The molecule has 156 valence electrons. The van der Waals surface area contributed by atoms with Crippen LogP contribution >= 0.6 is 0 Å². The Bertz CT molecular complexity index is 1160. The van der Waals surface area contributed by atoms with E-state index in [1.54, 1.807) is 24.3 Å². The maximum absolute atomic E-state index is 12.9. The quantitative estimate of drug-likeness (QED) is 0.625. The summed E-state index contributed by atoms with van der Waals surface area (Å²) in [5.74, 6) is -0.889. The highest BCUT2D eigenvalue weighted by molar-refractivity contribution is 6.23. The van der Waals surface area contributed by atoms with E-state index in [-0.39, 0.29) is 18.0 Å². The second-order valence-corrected chi connectivity index (χ2v) is 7.58. The predicted molar refractivity (Wildman–Crippen MR) is 107 cm³/mol. The number of aromatic nitrogens is 2. The molecular weight excluding hydrogens is 390 g/mol. The molecule has 0 radical (unpaired) electrons. The highest BCUT2D eigenvalue weighted by Gasteiger charge is 2.52. The fourth-order valence-electron chi connectivity index (χ4n) is 3.98. The molecule has 1 aromatic carbocycles. The summed E-state index contributed by atoms with van der Waals surface area (Å²) >= 11 is 0. The zero-order valence-corrected chi connectivity index (χ0v) is 16.4. The lowest BCUT2D eigenvalue weighted by Crippen LogP contribution is -2.44. The molecule has 2 fully saturated rings. The molecule has 1 aliphatic heterocycles. The zero-order valence-electron chi connectivity index (χ0n) is 16.4. The number of carbonyl (C=O) groups excluding carboxylic acids is 3. The molecule has 1 aliphatic carbocycles. The average Bonchev–Trinajstić information content (AvgIpc) is 3.29. The highest BCUT2D eigenvalue weighted by atomic mass is 16.2. The van der Waals surface area contributed by atoms with Crippen molar-refractivity contribution in [3.63, 3.8) is 0 Å². The van der Waals surface area contributed by atoms with Gasteiger partial charge in [0, 0.05) is 19.8 Å². The van der Waals surface area contributed by atoms with Gasteiger partial charge in [0.1, 0.15) is 11.1 Å². The molecule has 10 nitrogen and oxygen atoms in total. The first-order valence-corrected chi connectivity index (χ1v) is 9.65. The van der Waals surface area contributed by atoms with E-state index in [4.69, 9.17) is 0 Å². The van der Waals surface area contributed by atoms with Crippen LogP contribution in [-0.4, -0.2) is 32.9 Å². The SMILES string of the molecule is Cn1c(=O)[nH]cc(C(=O)NCc2cccc(N3C(=O)NC4(CCCC4)C3=O)c2)c1=O. The number of nitrogens with one attached hydrogen (secondary N) is 3. The van der Waals surface area contributed by atoms with E-state index in [1.807, 2.05) is 0 Å². The van der Waals surface area contributed by atoms with Gasteiger partial charge in [0.25, 0.3) is 17.4 Å². The first-order valence-electron chi connectivity index (χ1n) is 9.65. The van der Waals surface area contributed by atoms with E-state index in [9.17, 15) is 24.0 Å². The van der Waals surface area contributed by atoms with Gasteiger partial charge in [-0.3, -0.25) is 19.0 Å². The van der Waals surface area contributed by atoms with E-state index in [1.165, 1.54) is 7.05 Å². The molecule has 4 amide bonds. The molecular formula is C20H21N5O5. The maximum atomic E-state index is 12.9. The van der Waals surface area contributed by atoms with Crippen LogP contribution in [0.15, 0.2) is 40.1 Å². The third-order valence-corrected chi connectivity index (χ3v) is 5.67. The van der Waals surface area contributed by atoms with E-state index in [0.29, 0.717) is 24.1 Å². The number of amides is 4. The second kappa shape index (κ2) is 7.29. The van der Waals surface area contributed by atoms with Gasteiger partial charge in [0.15, 0.2) is 0 Å². The van der Waals surface area contributed by atoms with Crippen molar-refractivity contribution in [2.45, 2.75) is 37.8 Å². The summed E-state index contributed by atoms with van der Waals surface area (Å²) in [4.78, 5) is 64.7. The minimum atomic E-state index is -0.800. The fourth-order valence-corrected chi connectivity index (χ4v) is 3.98. The molecule has 0 bridgehead atoms. The molecule has 10 heteroatoms. The van der Waals surface area contributed by atoms with Gasteiger partial charge in [-0.2, -0.15) is 0 Å². The molecule has 4 rings (SSSR count). The van der Waals surface area contributed by atoms with E-state index in [0.717, 1.165) is 28.5 Å². The lowest BCUT2D eigenvalue weighted by atomic mass is 9.98. The zero-order chi connectivity index (χ0) is 21.5. The molecule has 3 N–H and O–H groups in total. The smallest absolute Gasteiger partial charge is 0.329 e. The number of hydrogen-bond donors (Lipinski definition) is 3. The Morgan fingerprint density at radius 1 is 1.17 bits per heavy atom. The van der Waals surface area contributed by atoms with Gasteiger partial charge < -0.3 is 15.6 Å². The highest BCUT2D eigenvalue weighted by Crippen LogP contribution is 2.37. The van der Waals surface area contributed by atoms with Crippen molar-refractivity contribution in [1.29, 1.82) is 0 Å². The van der Waals surface area contributed by atoms with Crippen LogP contribution in [0.5, 0.6) is 0 Å². The lowest BCUT2D eigenvalue weighted by Gasteiger charge is -2.20. The number of aromatic amines is 1. The van der Waals surface area contributed by atoms with Crippen molar-refractivity contribution in [2.24, 2.45) is 7.05 Å². The van der Waals surface area contributed by atoms with Crippen molar-refractivity contribution in [2.75, 3.05) is 4.90 Å². The maximum Gasteiger partial charge on any atom is 0.329 e. The molecule has 30 heavy (non-hydrogen) atoms. The summed E-state index contributed by atoms with van der Waals surface area (Å²) < 4.78 is 0.811. The Labute approximate surface area is 170 Å². The van der Waals surface area contributed by atoms with Gasteiger partial charge in [0.05, 0.1) is 5.69 Å². The van der Waals surface area contributed by atoms with Crippen LogP contribution in [0.25, 0.3) is 0 Å². The van der Waals surface area contributed by atoms with Gasteiger partial charge in [0.2, 0.25) is 0 Å². The largest absolute Gasteiger partial charge is 0.348 e. The number of benzene rings is 1. The topological polar surface area (TPSA) is 133 Å². The molecule has 2 aromatic rings. The van der Waals surface area contributed by atoms with Gasteiger partial charge in [-0.25, -0.2) is 14.5 Å². The Morgan fingerprint density at radius 2 is 1.90 bits per heavy atom. The monoisotopic (exact) mass is 411 g/mol. The van der Waals surface area contributed by atoms with Crippen LogP contribution in [0.4, 0.5) is 10.5 Å². The molecule has 2 aliphatic rings. The van der Waals surface area contributed by atoms with E-state index in [2.05, 4.69) is 15.6 Å². The standard InChI is InChI=1S/C20H21N5O5/c1-24-16(27)14(11-22-18(24)29)15(26)21-10-12-5-4-6-13(9-12)25-17(28)20(23-19(25)30)7-2-3-8-20/h4-6,9,11H,2-3,7-8,10H2,1H3,(H,21,26)(H,22,29)(H,23,30). The van der Waals surface area contributed by atoms with Gasteiger partial charge in [-0.05, 0) is 30.5 Å². The second-order valence-electron chi connectivity index (χ2n) is 7.58. The van der Waals surface area contributed by atoms with Crippen molar-refractivity contribution < 1.29 is 14.4 Å². The molecule has 1 saturated heterocycles. The van der Waals surface area contributed by atoms with Crippen molar-refractivity contribution >= 4 is 23.5 Å². The summed E-state index contributed by atoms with van der Waals surface area (Å²) in [6.07, 6.45) is 4.15. The number of nitrogens with zero attached hydrogens (tertiary/aromatic N) is 2. The summed E-state index contributed by atoms with van der Waals surface area (Å²) in [5, 5.41) is 5.45. The van der Waals surface area contributed by atoms with Crippen LogP contribution < -0.4 is 26.8 Å². The van der Waals surface area contributed by atoms with Crippen LogP contribution in [-0.2, 0) is 18.4 Å².